The molecule has 0 saturated carbocycles. The molecule has 2 aromatic carbocycles. The number of rotatable bonds is 5. The van der Waals surface area contributed by atoms with Gasteiger partial charge in [0, 0.05) is 30.5 Å². The number of fused-ring (bicyclic) bond motifs is 1. The van der Waals surface area contributed by atoms with Gasteiger partial charge in [0.1, 0.15) is 5.82 Å². The first-order chi connectivity index (χ1) is 16.0. The first-order valence-electron chi connectivity index (χ1n) is 11.6. The van der Waals surface area contributed by atoms with E-state index in [1.54, 1.807) is 12.1 Å². The summed E-state index contributed by atoms with van der Waals surface area (Å²) < 4.78 is 1.38. The second-order valence-corrected chi connectivity index (χ2v) is 9.18. The number of hydrogen-bond acceptors (Lipinski definition) is 4. The van der Waals surface area contributed by atoms with Crippen LogP contribution in [0.2, 0.25) is 0 Å². The van der Waals surface area contributed by atoms with Gasteiger partial charge in [-0.3, -0.25) is 9.78 Å². The van der Waals surface area contributed by atoms with Crippen molar-refractivity contribution in [1.82, 2.24) is 24.6 Å². The van der Waals surface area contributed by atoms with Crippen molar-refractivity contribution < 1.29 is 0 Å². The van der Waals surface area contributed by atoms with Crippen molar-refractivity contribution in [3.8, 4) is 5.69 Å². The summed E-state index contributed by atoms with van der Waals surface area (Å²) in [6.07, 6.45) is 3.09. The summed E-state index contributed by atoms with van der Waals surface area (Å²) >= 11 is 0. The van der Waals surface area contributed by atoms with Crippen molar-refractivity contribution in [2.24, 2.45) is 0 Å². The van der Waals surface area contributed by atoms with Crippen LogP contribution >= 0.6 is 0 Å². The SMILES string of the molecule is Cc1cc(C)cc(CCN2CCC[C@H](c3nn(-c4cccc5ccc(=O)[nH]c45)c(=O)[nH]3)C2)c1. The Hall–Kier alpha value is -3.45. The lowest BCUT2D eigenvalue weighted by atomic mass is 9.96. The summed E-state index contributed by atoms with van der Waals surface area (Å²) in [6, 6.07) is 15.6. The maximum absolute atomic E-state index is 12.8. The highest BCUT2D eigenvalue weighted by atomic mass is 16.2. The Balaban J connectivity index is 1.35. The Bertz CT molecular complexity index is 1390. The predicted molar refractivity (Wildman–Crippen MR) is 130 cm³/mol. The molecule has 0 aliphatic carbocycles. The van der Waals surface area contributed by atoms with Gasteiger partial charge in [-0.1, -0.05) is 41.5 Å². The van der Waals surface area contributed by atoms with E-state index in [0.29, 0.717) is 17.0 Å². The Kier molecular flexibility index (Phi) is 5.72. The zero-order chi connectivity index (χ0) is 22.9. The monoisotopic (exact) mass is 443 g/mol. The van der Waals surface area contributed by atoms with Crippen molar-refractivity contribution in [2.75, 3.05) is 19.6 Å². The van der Waals surface area contributed by atoms with Crippen LogP contribution in [0.4, 0.5) is 0 Å². The average molecular weight is 444 g/mol. The molecule has 33 heavy (non-hydrogen) atoms. The van der Waals surface area contributed by atoms with E-state index in [1.807, 2.05) is 12.1 Å². The van der Waals surface area contributed by atoms with Gasteiger partial charge in [0.15, 0.2) is 0 Å². The van der Waals surface area contributed by atoms with Crippen molar-refractivity contribution >= 4 is 10.9 Å². The lowest BCUT2D eigenvalue weighted by Gasteiger charge is -2.31. The molecule has 2 N–H and O–H groups in total. The number of para-hydroxylation sites is 1. The Morgan fingerprint density at radius 1 is 1.03 bits per heavy atom. The smallest absolute Gasteiger partial charge is 0.320 e. The van der Waals surface area contributed by atoms with E-state index >= 15 is 0 Å². The molecule has 2 aromatic heterocycles. The molecule has 1 aliphatic heterocycles. The molecule has 1 fully saturated rings. The number of hydrogen-bond donors (Lipinski definition) is 2. The molecule has 1 aliphatic rings. The highest BCUT2D eigenvalue weighted by Gasteiger charge is 2.25. The average Bonchev–Trinajstić information content (AvgIpc) is 3.18. The van der Waals surface area contributed by atoms with Crippen LogP contribution in [0.1, 0.15) is 41.3 Å². The van der Waals surface area contributed by atoms with E-state index in [9.17, 15) is 9.59 Å². The van der Waals surface area contributed by atoms with Gasteiger partial charge in [0.2, 0.25) is 5.56 Å². The van der Waals surface area contributed by atoms with Gasteiger partial charge in [-0.05, 0) is 57.4 Å². The third-order valence-electron chi connectivity index (χ3n) is 6.49. The second kappa shape index (κ2) is 8.83. The molecule has 1 saturated heterocycles. The first-order valence-corrected chi connectivity index (χ1v) is 11.6. The van der Waals surface area contributed by atoms with Crippen LogP contribution in [-0.2, 0) is 6.42 Å². The van der Waals surface area contributed by atoms with E-state index in [-0.39, 0.29) is 17.2 Å². The summed E-state index contributed by atoms with van der Waals surface area (Å²) in [4.78, 5) is 33.0. The van der Waals surface area contributed by atoms with Crippen LogP contribution in [0, 0.1) is 13.8 Å². The molecule has 0 amide bonds. The van der Waals surface area contributed by atoms with Gasteiger partial charge < -0.3 is 9.88 Å². The third kappa shape index (κ3) is 4.54. The number of aromatic amines is 2. The topological polar surface area (TPSA) is 86.8 Å². The highest BCUT2D eigenvalue weighted by molar-refractivity contribution is 5.85. The minimum atomic E-state index is -0.283. The lowest BCUT2D eigenvalue weighted by molar-refractivity contribution is 0.206. The largest absolute Gasteiger partial charge is 0.348 e. The highest BCUT2D eigenvalue weighted by Crippen LogP contribution is 2.25. The van der Waals surface area contributed by atoms with Crippen LogP contribution < -0.4 is 11.2 Å². The summed E-state index contributed by atoms with van der Waals surface area (Å²) in [5.74, 6) is 0.896. The van der Waals surface area contributed by atoms with Crippen molar-refractivity contribution in [3.05, 3.63) is 91.9 Å². The lowest BCUT2D eigenvalue weighted by Crippen LogP contribution is -2.36. The van der Waals surface area contributed by atoms with E-state index in [2.05, 4.69) is 52.0 Å². The molecule has 170 valence electrons. The fourth-order valence-corrected chi connectivity index (χ4v) is 5.01. The fraction of sp³-hybridized carbons (Fsp3) is 0.346. The molecule has 0 bridgehead atoms. The minimum Gasteiger partial charge on any atom is -0.320 e. The number of aromatic nitrogens is 4. The zero-order valence-electron chi connectivity index (χ0n) is 19.1. The first kappa shape index (κ1) is 21.4. The number of benzene rings is 2. The molecule has 5 rings (SSSR count). The van der Waals surface area contributed by atoms with Crippen molar-refractivity contribution in [1.29, 1.82) is 0 Å². The number of nitrogens with one attached hydrogen (secondary N) is 2. The van der Waals surface area contributed by atoms with E-state index in [1.165, 1.54) is 27.4 Å². The summed E-state index contributed by atoms with van der Waals surface area (Å²) in [7, 11) is 0. The summed E-state index contributed by atoms with van der Waals surface area (Å²) in [5, 5.41) is 5.52. The second-order valence-electron chi connectivity index (χ2n) is 9.18. The Labute approximate surface area is 192 Å². The van der Waals surface area contributed by atoms with E-state index < -0.39 is 0 Å². The fourth-order valence-electron chi connectivity index (χ4n) is 5.01. The van der Waals surface area contributed by atoms with Crippen molar-refractivity contribution in [2.45, 2.75) is 39.0 Å². The molecule has 7 nitrogen and oxygen atoms in total. The van der Waals surface area contributed by atoms with Gasteiger partial charge in [-0.2, -0.15) is 4.68 Å². The van der Waals surface area contributed by atoms with Gasteiger partial charge in [-0.15, -0.1) is 5.10 Å². The third-order valence-corrected chi connectivity index (χ3v) is 6.49. The number of nitrogens with zero attached hydrogens (tertiary/aromatic N) is 3. The van der Waals surface area contributed by atoms with E-state index in [0.717, 1.165) is 44.3 Å². The Morgan fingerprint density at radius 2 is 1.85 bits per heavy atom. The summed E-state index contributed by atoms with van der Waals surface area (Å²) in [5.41, 5.74) is 4.69. The number of piperidine rings is 1. The number of H-pyrrole nitrogens is 2. The molecular weight excluding hydrogens is 414 g/mol. The van der Waals surface area contributed by atoms with Gasteiger partial charge in [0.25, 0.3) is 0 Å². The van der Waals surface area contributed by atoms with Gasteiger partial charge in [-0.25, -0.2) is 4.79 Å². The molecule has 4 aromatic rings. The molecule has 1 atom stereocenters. The molecule has 0 spiro atoms. The number of pyridine rings is 1. The normalized spacial score (nSPS) is 17.0. The number of aryl methyl sites for hydroxylation is 2. The van der Waals surface area contributed by atoms with E-state index in [4.69, 9.17) is 0 Å². The number of likely N-dealkylation sites (tertiary alicyclic amines) is 1. The molecule has 0 radical (unpaired) electrons. The van der Waals surface area contributed by atoms with Gasteiger partial charge >= 0.3 is 5.69 Å². The molecule has 3 heterocycles. The van der Waals surface area contributed by atoms with Crippen LogP contribution in [0.5, 0.6) is 0 Å². The molecular formula is C26H29N5O2. The quantitative estimate of drug-likeness (QED) is 0.495. The summed E-state index contributed by atoms with van der Waals surface area (Å²) in [6.45, 7) is 7.23. The van der Waals surface area contributed by atoms with Crippen LogP contribution in [0.15, 0.2) is 58.1 Å². The standard InChI is InChI=1S/C26H29N5O2/c1-17-13-18(2)15-19(14-17)10-12-30-11-4-6-21(16-30)25-28-26(33)31(29-25)22-7-3-5-20-8-9-23(32)27-24(20)22/h3,5,7-9,13-15,21H,4,6,10-12,16H2,1-2H3,(H,27,32)(H,28,29,33)/t21-/m0/s1. The minimum absolute atomic E-state index is 0.181. The maximum atomic E-state index is 12.8. The predicted octanol–water partition coefficient (Wildman–Crippen LogP) is 3.44. The van der Waals surface area contributed by atoms with Crippen LogP contribution in [-0.4, -0.2) is 44.3 Å². The van der Waals surface area contributed by atoms with Gasteiger partial charge in [0.05, 0.1) is 11.2 Å². The molecule has 7 heteroatoms. The zero-order valence-corrected chi connectivity index (χ0v) is 19.1. The molecule has 0 unspecified atom stereocenters. The maximum Gasteiger partial charge on any atom is 0.348 e. The van der Waals surface area contributed by atoms with Crippen molar-refractivity contribution in [3.63, 3.8) is 0 Å². The van der Waals surface area contributed by atoms with Crippen LogP contribution in [0.25, 0.3) is 16.6 Å². The van der Waals surface area contributed by atoms with Crippen LogP contribution in [0.3, 0.4) is 0 Å². The Morgan fingerprint density at radius 3 is 2.67 bits per heavy atom.